The highest BCUT2D eigenvalue weighted by Gasteiger charge is 2.20. The molecule has 1 aliphatic rings. The largest absolute Gasteiger partial charge is 0.399 e. The van der Waals surface area contributed by atoms with Crippen LogP contribution in [0.3, 0.4) is 0 Å². The molecule has 3 N–H and O–H groups in total. The number of aromatic nitrogens is 1. The van der Waals surface area contributed by atoms with Crippen LogP contribution in [0.2, 0.25) is 10.0 Å². The molecular weight excluding hydrogens is 317 g/mol. The minimum atomic E-state index is -0.350. The van der Waals surface area contributed by atoms with Crippen LogP contribution in [0.5, 0.6) is 0 Å². The normalized spacial score (nSPS) is 13.3. The summed E-state index contributed by atoms with van der Waals surface area (Å²) in [5.41, 5.74) is 7.42. The van der Waals surface area contributed by atoms with Crippen LogP contribution >= 0.6 is 34.5 Å². The molecule has 1 amide bonds. The fourth-order valence-corrected chi connectivity index (χ4v) is 3.65. The van der Waals surface area contributed by atoms with Crippen molar-refractivity contribution in [1.29, 1.82) is 0 Å². The van der Waals surface area contributed by atoms with Crippen LogP contribution in [0.1, 0.15) is 27.3 Å². The van der Waals surface area contributed by atoms with Gasteiger partial charge in [-0.05, 0) is 31.4 Å². The summed E-state index contributed by atoms with van der Waals surface area (Å²) in [5, 5.41) is 3.80. The molecule has 3 rings (SSSR count). The minimum absolute atomic E-state index is 0.197. The maximum absolute atomic E-state index is 12.2. The Balaban J connectivity index is 1.86. The van der Waals surface area contributed by atoms with Crippen molar-refractivity contribution in [3.63, 3.8) is 0 Å². The Morgan fingerprint density at radius 1 is 1.35 bits per heavy atom. The zero-order valence-electron chi connectivity index (χ0n) is 10.4. The van der Waals surface area contributed by atoms with Crippen LogP contribution in [0.25, 0.3) is 0 Å². The van der Waals surface area contributed by atoms with Crippen molar-refractivity contribution < 1.29 is 4.79 Å². The summed E-state index contributed by atoms with van der Waals surface area (Å²) >= 11 is 13.5. The number of aryl methyl sites for hydroxylation is 2. The molecule has 0 fully saturated rings. The Hall–Kier alpha value is -1.30. The van der Waals surface area contributed by atoms with Crippen LogP contribution < -0.4 is 11.1 Å². The molecule has 4 nitrogen and oxygen atoms in total. The summed E-state index contributed by atoms with van der Waals surface area (Å²) < 4.78 is 0. The molecule has 1 heterocycles. The number of thiazole rings is 1. The van der Waals surface area contributed by atoms with Crippen LogP contribution in [0.15, 0.2) is 12.1 Å². The fourth-order valence-electron chi connectivity index (χ4n) is 2.18. The Kier molecular flexibility index (Phi) is 3.58. The first kappa shape index (κ1) is 13.7. The summed E-state index contributed by atoms with van der Waals surface area (Å²) in [5.74, 6) is -0.350. The number of halogens is 2. The molecule has 0 atom stereocenters. The zero-order valence-corrected chi connectivity index (χ0v) is 12.7. The van der Waals surface area contributed by atoms with Gasteiger partial charge in [0.15, 0.2) is 5.13 Å². The van der Waals surface area contributed by atoms with Gasteiger partial charge in [-0.1, -0.05) is 23.2 Å². The van der Waals surface area contributed by atoms with Crippen LogP contribution in [0.4, 0.5) is 10.8 Å². The summed E-state index contributed by atoms with van der Waals surface area (Å²) in [7, 11) is 0. The number of nitrogen functional groups attached to an aromatic ring is 1. The zero-order chi connectivity index (χ0) is 14.3. The summed E-state index contributed by atoms with van der Waals surface area (Å²) in [6.07, 6.45) is 3.15. The third kappa shape index (κ3) is 2.49. The van der Waals surface area contributed by atoms with Gasteiger partial charge in [-0.25, -0.2) is 4.98 Å². The molecule has 0 bridgehead atoms. The van der Waals surface area contributed by atoms with Crippen molar-refractivity contribution in [2.24, 2.45) is 0 Å². The first-order chi connectivity index (χ1) is 9.54. The van der Waals surface area contributed by atoms with E-state index in [2.05, 4.69) is 10.3 Å². The number of amides is 1. The number of nitrogens with one attached hydrogen (secondary N) is 1. The molecule has 1 aliphatic carbocycles. The first-order valence-electron chi connectivity index (χ1n) is 6.09. The quantitative estimate of drug-likeness (QED) is 0.825. The molecule has 0 saturated carbocycles. The van der Waals surface area contributed by atoms with Crippen molar-refractivity contribution in [2.75, 3.05) is 11.1 Å². The number of fused-ring (bicyclic) bond motifs is 1. The van der Waals surface area contributed by atoms with Gasteiger partial charge in [0.05, 0.1) is 21.3 Å². The molecule has 0 radical (unpaired) electrons. The highest BCUT2D eigenvalue weighted by atomic mass is 35.5. The second-order valence-corrected chi connectivity index (χ2v) is 6.43. The predicted molar refractivity (Wildman–Crippen MR) is 83.0 cm³/mol. The van der Waals surface area contributed by atoms with Gasteiger partial charge in [-0.2, -0.15) is 0 Å². The molecule has 0 spiro atoms. The summed E-state index contributed by atoms with van der Waals surface area (Å²) in [4.78, 5) is 17.9. The van der Waals surface area contributed by atoms with E-state index in [1.54, 1.807) is 0 Å². The van der Waals surface area contributed by atoms with Gasteiger partial charge in [0.1, 0.15) is 0 Å². The SMILES string of the molecule is Nc1cc(Cl)c(Cl)c(C(=O)Nc2nc3c(s2)CCC3)c1. The maximum Gasteiger partial charge on any atom is 0.259 e. The number of benzene rings is 1. The average molecular weight is 328 g/mol. The van der Waals surface area contributed by atoms with Crippen molar-refractivity contribution >= 4 is 51.3 Å². The molecule has 0 saturated heterocycles. The Labute approximate surface area is 129 Å². The van der Waals surface area contributed by atoms with Gasteiger partial charge in [-0.3, -0.25) is 10.1 Å². The van der Waals surface area contributed by atoms with Crippen molar-refractivity contribution in [2.45, 2.75) is 19.3 Å². The maximum atomic E-state index is 12.2. The molecule has 1 aromatic carbocycles. The summed E-state index contributed by atoms with van der Waals surface area (Å²) in [6.45, 7) is 0. The molecule has 0 unspecified atom stereocenters. The van der Waals surface area contributed by atoms with E-state index in [4.69, 9.17) is 28.9 Å². The third-order valence-electron chi connectivity index (χ3n) is 3.11. The number of hydrogen-bond acceptors (Lipinski definition) is 4. The van der Waals surface area contributed by atoms with E-state index in [0.29, 0.717) is 10.8 Å². The van der Waals surface area contributed by atoms with E-state index in [9.17, 15) is 4.79 Å². The standard InChI is InChI=1S/C13H11Cl2N3OS/c14-8-5-6(16)4-7(11(8)15)12(19)18-13-17-9-2-1-3-10(9)20-13/h4-5H,1-3,16H2,(H,17,18,19). The lowest BCUT2D eigenvalue weighted by atomic mass is 10.2. The number of nitrogens with two attached hydrogens (primary N) is 1. The van der Waals surface area contributed by atoms with E-state index in [1.165, 1.54) is 28.3 Å². The van der Waals surface area contributed by atoms with Gasteiger partial charge in [0, 0.05) is 10.6 Å². The van der Waals surface area contributed by atoms with Gasteiger partial charge in [-0.15, -0.1) is 11.3 Å². The topological polar surface area (TPSA) is 68.0 Å². The molecule has 104 valence electrons. The van der Waals surface area contributed by atoms with Gasteiger partial charge in [0.2, 0.25) is 0 Å². The summed E-state index contributed by atoms with van der Waals surface area (Å²) in [6, 6.07) is 3.02. The fraction of sp³-hybridized carbons (Fsp3) is 0.231. The van der Waals surface area contributed by atoms with Crippen LogP contribution in [-0.2, 0) is 12.8 Å². The Morgan fingerprint density at radius 2 is 2.15 bits per heavy atom. The smallest absolute Gasteiger partial charge is 0.259 e. The molecule has 7 heteroatoms. The lowest BCUT2D eigenvalue weighted by Gasteiger charge is -2.07. The highest BCUT2D eigenvalue weighted by molar-refractivity contribution is 7.16. The molecule has 1 aromatic heterocycles. The number of hydrogen-bond donors (Lipinski definition) is 2. The number of anilines is 2. The van der Waals surface area contributed by atoms with E-state index < -0.39 is 0 Å². The Morgan fingerprint density at radius 3 is 2.90 bits per heavy atom. The van der Waals surface area contributed by atoms with Crippen molar-refractivity contribution in [3.8, 4) is 0 Å². The van der Waals surface area contributed by atoms with E-state index >= 15 is 0 Å². The van der Waals surface area contributed by atoms with E-state index in [0.717, 1.165) is 25.0 Å². The highest BCUT2D eigenvalue weighted by Crippen LogP contribution is 2.32. The van der Waals surface area contributed by atoms with Crippen molar-refractivity contribution in [1.82, 2.24) is 4.98 Å². The average Bonchev–Trinajstić information content (AvgIpc) is 2.94. The third-order valence-corrected chi connectivity index (χ3v) is 4.99. The molecule has 2 aromatic rings. The second-order valence-electron chi connectivity index (χ2n) is 4.56. The lowest BCUT2D eigenvalue weighted by molar-refractivity contribution is 0.102. The number of carbonyl (C=O) groups is 1. The minimum Gasteiger partial charge on any atom is -0.399 e. The van der Waals surface area contributed by atoms with Crippen molar-refractivity contribution in [3.05, 3.63) is 38.3 Å². The molecule has 20 heavy (non-hydrogen) atoms. The lowest BCUT2D eigenvalue weighted by Crippen LogP contribution is -2.13. The number of rotatable bonds is 2. The van der Waals surface area contributed by atoms with Crippen LogP contribution in [0, 0.1) is 0 Å². The van der Waals surface area contributed by atoms with Crippen LogP contribution in [-0.4, -0.2) is 10.9 Å². The Bertz CT molecular complexity index is 678. The van der Waals surface area contributed by atoms with Gasteiger partial charge in [0.25, 0.3) is 5.91 Å². The van der Waals surface area contributed by atoms with E-state index in [-0.39, 0.29) is 21.5 Å². The van der Waals surface area contributed by atoms with Gasteiger partial charge >= 0.3 is 0 Å². The monoisotopic (exact) mass is 327 g/mol. The second kappa shape index (κ2) is 5.24. The molecular formula is C13H11Cl2N3OS. The van der Waals surface area contributed by atoms with Gasteiger partial charge < -0.3 is 5.73 Å². The first-order valence-corrected chi connectivity index (χ1v) is 7.66. The number of carbonyl (C=O) groups excluding carboxylic acids is 1. The predicted octanol–water partition coefficient (Wildman–Crippen LogP) is 3.77. The van der Waals surface area contributed by atoms with E-state index in [1.807, 2.05) is 0 Å². The molecule has 0 aliphatic heterocycles. The number of nitrogens with zero attached hydrogens (tertiary/aromatic N) is 1.